The number of rotatable bonds is 5. The van der Waals surface area contributed by atoms with Gasteiger partial charge >= 0.3 is 6.18 Å². The molecule has 3 heterocycles. The minimum absolute atomic E-state index is 0.257. The lowest BCUT2D eigenvalue weighted by atomic mass is 10.1. The van der Waals surface area contributed by atoms with Gasteiger partial charge in [-0.1, -0.05) is 0 Å². The number of nitrogens with one attached hydrogen (secondary N) is 1. The molecule has 0 spiro atoms. The fourth-order valence-electron chi connectivity index (χ4n) is 4.25. The Kier molecular flexibility index (Phi) is 5.75. The molecule has 12 heteroatoms. The van der Waals surface area contributed by atoms with Crippen LogP contribution in [0.1, 0.15) is 22.4 Å². The summed E-state index contributed by atoms with van der Waals surface area (Å²) in [6.07, 6.45) is -3.87. The highest BCUT2D eigenvalue weighted by Crippen LogP contribution is 2.37. The van der Waals surface area contributed by atoms with Gasteiger partial charge in [-0.15, -0.1) is 0 Å². The number of alkyl halides is 3. The Morgan fingerprint density at radius 1 is 1.19 bits per heavy atom. The van der Waals surface area contributed by atoms with Crippen LogP contribution in [0.3, 0.4) is 0 Å². The molecule has 2 aromatic carbocycles. The van der Waals surface area contributed by atoms with Crippen LogP contribution in [0.5, 0.6) is 5.75 Å². The molecular weight excluding hydrogens is 482 g/mol. The lowest BCUT2D eigenvalue weighted by Gasteiger charge is -2.15. The summed E-state index contributed by atoms with van der Waals surface area (Å²) in [5.41, 5.74) is 8.69. The second-order valence-electron chi connectivity index (χ2n) is 8.12. The highest BCUT2D eigenvalue weighted by atomic mass is 19.4. The summed E-state index contributed by atoms with van der Waals surface area (Å²) in [5.74, 6) is -1.06. The van der Waals surface area contributed by atoms with E-state index in [1.807, 2.05) is 4.57 Å². The largest absolute Gasteiger partial charge is 0.494 e. The zero-order valence-electron chi connectivity index (χ0n) is 18.8. The topological polar surface area (TPSA) is 104 Å². The van der Waals surface area contributed by atoms with E-state index in [2.05, 4.69) is 15.3 Å². The Balaban J connectivity index is 1.45. The smallest absolute Gasteiger partial charge is 0.416 e. The Morgan fingerprint density at radius 3 is 2.75 bits per heavy atom. The van der Waals surface area contributed by atoms with E-state index >= 15 is 0 Å². The summed E-state index contributed by atoms with van der Waals surface area (Å²) in [4.78, 5) is 21.0. The first-order valence-corrected chi connectivity index (χ1v) is 10.7. The molecule has 1 aliphatic heterocycles. The van der Waals surface area contributed by atoms with Crippen LogP contribution in [0.15, 0.2) is 42.7 Å². The molecule has 186 valence electrons. The molecule has 0 bridgehead atoms. The van der Waals surface area contributed by atoms with Gasteiger partial charge in [0, 0.05) is 17.3 Å². The number of nitrogens with zero attached hydrogens (tertiary/aromatic N) is 3. The van der Waals surface area contributed by atoms with Crippen LogP contribution in [-0.4, -0.2) is 27.6 Å². The molecule has 0 fully saturated rings. The van der Waals surface area contributed by atoms with E-state index in [-0.39, 0.29) is 22.8 Å². The minimum atomic E-state index is -4.65. The third-order valence-electron chi connectivity index (χ3n) is 5.90. The van der Waals surface area contributed by atoms with Crippen molar-refractivity contribution in [1.82, 2.24) is 14.5 Å². The highest BCUT2D eigenvalue weighted by molar-refractivity contribution is 5.94. The first kappa shape index (κ1) is 23.5. The predicted octanol–water partition coefficient (Wildman–Crippen LogP) is 4.38. The predicted molar refractivity (Wildman–Crippen MR) is 122 cm³/mol. The number of nitrogen functional groups attached to an aromatic ring is 1. The van der Waals surface area contributed by atoms with Crippen LogP contribution in [0.2, 0.25) is 0 Å². The quantitative estimate of drug-likeness (QED) is 0.394. The highest BCUT2D eigenvalue weighted by Gasteiger charge is 2.31. The molecule has 2 aromatic heterocycles. The molecule has 0 saturated carbocycles. The molecular formula is C24H19F4N5O3. The van der Waals surface area contributed by atoms with E-state index in [9.17, 15) is 22.4 Å². The van der Waals surface area contributed by atoms with Gasteiger partial charge < -0.3 is 25.1 Å². The van der Waals surface area contributed by atoms with Gasteiger partial charge in [0.2, 0.25) is 5.91 Å². The van der Waals surface area contributed by atoms with Crippen molar-refractivity contribution in [1.29, 1.82) is 0 Å². The van der Waals surface area contributed by atoms with Gasteiger partial charge in [-0.3, -0.25) is 4.79 Å². The molecule has 5 rings (SSSR count). The van der Waals surface area contributed by atoms with Crippen LogP contribution in [0.4, 0.5) is 29.1 Å². The zero-order chi connectivity index (χ0) is 25.6. The number of carbonyl (C=O) groups excluding carboxylic acids is 1. The lowest BCUT2D eigenvalue weighted by molar-refractivity contribution is -0.137. The minimum Gasteiger partial charge on any atom is -0.494 e. The fraction of sp³-hybridized carbons (Fsp3) is 0.208. The number of halogens is 4. The van der Waals surface area contributed by atoms with Crippen molar-refractivity contribution >= 4 is 28.4 Å². The van der Waals surface area contributed by atoms with Crippen LogP contribution < -0.4 is 15.8 Å². The Morgan fingerprint density at radius 2 is 2.00 bits per heavy atom. The molecule has 0 aliphatic carbocycles. The van der Waals surface area contributed by atoms with Crippen molar-refractivity contribution in [3.05, 3.63) is 70.9 Å². The monoisotopic (exact) mass is 501 g/mol. The summed E-state index contributed by atoms with van der Waals surface area (Å²) in [6.45, 7) is 0.723. The van der Waals surface area contributed by atoms with Crippen molar-refractivity contribution in [2.24, 2.45) is 0 Å². The summed E-state index contributed by atoms with van der Waals surface area (Å²) in [7, 11) is 1.40. The summed E-state index contributed by atoms with van der Waals surface area (Å²) in [6, 6.07) is 6.88. The van der Waals surface area contributed by atoms with Gasteiger partial charge in [0.15, 0.2) is 5.82 Å². The molecule has 0 radical (unpaired) electrons. The van der Waals surface area contributed by atoms with Gasteiger partial charge in [0.05, 0.1) is 43.7 Å². The van der Waals surface area contributed by atoms with E-state index in [1.54, 1.807) is 18.2 Å². The zero-order valence-corrected chi connectivity index (χ0v) is 18.8. The first-order valence-electron chi connectivity index (χ1n) is 10.7. The molecule has 1 aliphatic rings. The standard InChI is InChI=1S/C24H19F4N5O3/c1-35-19-8-14(33-18-10-36-9-15(18)21-22(33)23(29)31-11-30-21)3-5-17(19)32-20(34)7-12-6-13(24(26,27)28)2-4-16(12)25/h2-6,8,11H,7,9-10H2,1H3,(H,32,34)(H2,29,30,31). The summed E-state index contributed by atoms with van der Waals surface area (Å²) < 4.78 is 65.9. The summed E-state index contributed by atoms with van der Waals surface area (Å²) in [5, 5.41) is 2.57. The molecule has 4 aromatic rings. The number of fused-ring (bicyclic) bond motifs is 3. The van der Waals surface area contributed by atoms with Crippen LogP contribution in [0, 0.1) is 5.82 Å². The Labute approximate surface area is 201 Å². The number of hydrogen-bond acceptors (Lipinski definition) is 6. The van der Waals surface area contributed by atoms with Gasteiger partial charge in [-0.2, -0.15) is 13.2 Å². The fourth-order valence-corrected chi connectivity index (χ4v) is 4.25. The van der Waals surface area contributed by atoms with Crippen molar-refractivity contribution in [2.75, 3.05) is 18.2 Å². The first-order chi connectivity index (χ1) is 17.2. The number of hydrogen-bond donors (Lipinski definition) is 2. The Hall–Kier alpha value is -4.19. The second-order valence-corrected chi connectivity index (χ2v) is 8.12. The third kappa shape index (κ3) is 4.09. The van der Waals surface area contributed by atoms with E-state index in [1.165, 1.54) is 13.4 Å². The number of amides is 1. The molecule has 0 saturated heterocycles. The number of benzene rings is 2. The van der Waals surface area contributed by atoms with Crippen LogP contribution in [-0.2, 0) is 35.3 Å². The third-order valence-corrected chi connectivity index (χ3v) is 5.90. The van der Waals surface area contributed by atoms with Crippen molar-refractivity contribution in [3.8, 4) is 11.4 Å². The van der Waals surface area contributed by atoms with E-state index in [0.717, 1.165) is 11.3 Å². The molecule has 36 heavy (non-hydrogen) atoms. The van der Waals surface area contributed by atoms with E-state index in [4.69, 9.17) is 15.2 Å². The SMILES string of the molecule is COc1cc(-n2c3c(c4ncnc(N)c42)COC3)ccc1NC(=O)Cc1cc(C(F)(F)F)ccc1F. The second kappa shape index (κ2) is 8.79. The molecule has 8 nitrogen and oxygen atoms in total. The van der Waals surface area contributed by atoms with Crippen LogP contribution >= 0.6 is 0 Å². The van der Waals surface area contributed by atoms with Crippen LogP contribution in [0.25, 0.3) is 16.7 Å². The van der Waals surface area contributed by atoms with Gasteiger partial charge in [0.1, 0.15) is 28.9 Å². The average Bonchev–Trinajstić information content (AvgIpc) is 3.42. The summed E-state index contributed by atoms with van der Waals surface area (Å²) >= 11 is 0. The molecule has 0 unspecified atom stereocenters. The number of anilines is 2. The average molecular weight is 501 g/mol. The maximum atomic E-state index is 14.1. The van der Waals surface area contributed by atoms with E-state index in [0.29, 0.717) is 48.1 Å². The van der Waals surface area contributed by atoms with Gasteiger partial charge in [-0.05, 0) is 35.9 Å². The lowest BCUT2D eigenvalue weighted by Crippen LogP contribution is -2.17. The molecule has 1 amide bonds. The molecule has 0 atom stereocenters. The number of aromatic nitrogens is 3. The van der Waals surface area contributed by atoms with Gasteiger partial charge in [0.25, 0.3) is 0 Å². The normalized spacial score (nSPS) is 13.1. The Bertz CT molecular complexity index is 1500. The number of ether oxygens (including phenoxy) is 2. The maximum absolute atomic E-state index is 14.1. The van der Waals surface area contributed by atoms with Crippen molar-refractivity contribution in [3.63, 3.8) is 0 Å². The maximum Gasteiger partial charge on any atom is 0.416 e. The number of methoxy groups -OCH3 is 1. The van der Waals surface area contributed by atoms with Gasteiger partial charge in [-0.25, -0.2) is 14.4 Å². The van der Waals surface area contributed by atoms with Crippen molar-refractivity contribution < 1.29 is 31.8 Å². The van der Waals surface area contributed by atoms with Crippen molar-refractivity contribution in [2.45, 2.75) is 25.8 Å². The molecule has 3 N–H and O–H groups in total. The number of nitrogens with two attached hydrogens (primary N) is 1. The van der Waals surface area contributed by atoms with E-state index < -0.39 is 29.9 Å². The number of carbonyl (C=O) groups is 1.